The van der Waals surface area contributed by atoms with Crippen molar-refractivity contribution in [2.45, 2.75) is 0 Å². The molecule has 4 aromatic carbocycles. The molecule has 0 heterocycles. The van der Waals surface area contributed by atoms with Crippen LogP contribution >= 0.6 is 15.9 Å². The minimum absolute atomic E-state index is 0.0480. The van der Waals surface area contributed by atoms with Crippen LogP contribution in [0.4, 0.5) is 0 Å². The number of hydrogen-bond donors (Lipinski definition) is 2. The molecule has 4 rings (SSSR count). The summed E-state index contributed by atoms with van der Waals surface area (Å²) < 4.78 is 5.32. The third-order valence-corrected chi connectivity index (χ3v) is 5.25. The van der Waals surface area contributed by atoms with E-state index in [0.29, 0.717) is 21.2 Å². The summed E-state index contributed by atoms with van der Waals surface area (Å²) >= 11 is 3.40. The molecule has 4 nitrogen and oxygen atoms in total. The van der Waals surface area contributed by atoms with Gasteiger partial charge in [0.2, 0.25) is 0 Å². The van der Waals surface area contributed by atoms with Crippen LogP contribution in [-0.2, 0) is 4.74 Å². The Morgan fingerprint density at radius 3 is 2.37 bits per heavy atom. The van der Waals surface area contributed by atoms with Crippen LogP contribution in [0, 0.1) is 0 Å². The molecule has 0 aliphatic carbocycles. The third kappa shape index (κ3) is 2.80. The largest absolute Gasteiger partial charge is 0.507 e. The molecule has 0 aliphatic rings. The van der Waals surface area contributed by atoms with Gasteiger partial charge in [0.1, 0.15) is 11.5 Å². The van der Waals surface area contributed by atoms with E-state index in [-0.39, 0.29) is 11.5 Å². The van der Waals surface area contributed by atoms with Crippen molar-refractivity contribution in [3.8, 4) is 22.6 Å². The minimum Gasteiger partial charge on any atom is -0.507 e. The van der Waals surface area contributed by atoms with Crippen molar-refractivity contribution in [2.75, 3.05) is 7.11 Å². The molecule has 0 aromatic heterocycles. The van der Waals surface area contributed by atoms with Crippen molar-refractivity contribution >= 4 is 43.4 Å². The predicted octanol–water partition coefficient (Wildman–Crippen LogP) is 5.62. The fourth-order valence-electron chi connectivity index (χ4n) is 3.38. The minimum atomic E-state index is -0.428. The second kappa shape index (κ2) is 6.59. The number of hydrogen-bond acceptors (Lipinski definition) is 4. The molecule has 0 amide bonds. The Hall–Kier alpha value is -3.05. The topological polar surface area (TPSA) is 66.8 Å². The number of esters is 1. The van der Waals surface area contributed by atoms with Gasteiger partial charge in [0.25, 0.3) is 0 Å². The molecular weight excluding hydrogens is 408 g/mol. The van der Waals surface area contributed by atoms with Crippen molar-refractivity contribution < 1.29 is 19.7 Å². The zero-order valence-corrected chi connectivity index (χ0v) is 15.9. The fraction of sp³-hybridized carbons (Fsp3) is 0.0455. The number of phenolic OH excluding ortho intramolecular Hbond substituents is 2. The van der Waals surface area contributed by atoms with Gasteiger partial charge in [0.15, 0.2) is 0 Å². The Balaban J connectivity index is 2.11. The Labute approximate surface area is 163 Å². The van der Waals surface area contributed by atoms with E-state index in [1.807, 2.05) is 30.3 Å². The quantitative estimate of drug-likeness (QED) is 0.411. The smallest absolute Gasteiger partial charge is 0.337 e. The lowest BCUT2D eigenvalue weighted by Crippen LogP contribution is -2.00. The summed E-state index contributed by atoms with van der Waals surface area (Å²) in [6.07, 6.45) is 0. The lowest BCUT2D eigenvalue weighted by atomic mass is 9.91. The van der Waals surface area contributed by atoms with Crippen LogP contribution in [0.25, 0.3) is 32.7 Å². The Kier molecular flexibility index (Phi) is 4.24. The highest BCUT2D eigenvalue weighted by Crippen LogP contribution is 2.47. The first-order valence-electron chi connectivity index (χ1n) is 8.26. The van der Waals surface area contributed by atoms with Crippen molar-refractivity contribution in [2.24, 2.45) is 0 Å². The number of carbonyl (C=O) groups excluding carboxylic acids is 1. The van der Waals surface area contributed by atoms with Gasteiger partial charge in [-0.05, 0) is 61.7 Å². The van der Waals surface area contributed by atoms with Gasteiger partial charge in [-0.1, -0.05) is 36.4 Å². The number of rotatable bonds is 2. The number of aromatic hydroxyl groups is 2. The maximum atomic E-state index is 11.8. The van der Waals surface area contributed by atoms with E-state index in [1.54, 1.807) is 30.3 Å². The van der Waals surface area contributed by atoms with Gasteiger partial charge in [-0.3, -0.25) is 0 Å². The van der Waals surface area contributed by atoms with Crippen LogP contribution in [0.5, 0.6) is 11.5 Å². The molecule has 0 unspecified atom stereocenters. The van der Waals surface area contributed by atoms with Gasteiger partial charge in [0.05, 0.1) is 17.1 Å². The average molecular weight is 423 g/mol. The van der Waals surface area contributed by atoms with E-state index in [9.17, 15) is 15.0 Å². The van der Waals surface area contributed by atoms with E-state index in [0.717, 1.165) is 21.5 Å². The van der Waals surface area contributed by atoms with Crippen LogP contribution in [-0.4, -0.2) is 23.3 Å². The molecule has 5 heteroatoms. The predicted molar refractivity (Wildman–Crippen MR) is 109 cm³/mol. The Morgan fingerprint density at radius 2 is 1.59 bits per heavy atom. The van der Waals surface area contributed by atoms with E-state index in [2.05, 4.69) is 15.9 Å². The summed E-state index contributed by atoms with van der Waals surface area (Å²) in [7, 11) is 1.33. The summed E-state index contributed by atoms with van der Waals surface area (Å²) in [5, 5.41) is 24.7. The molecule has 0 radical (unpaired) electrons. The molecule has 0 atom stereocenters. The Morgan fingerprint density at radius 1 is 0.889 bits per heavy atom. The SMILES string of the molecule is COC(=O)c1ccc2c(-c3c(O)c(Br)cc4ccccc34)c(O)ccc2c1. The maximum absolute atomic E-state index is 11.8. The zero-order valence-electron chi connectivity index (χ0n) is 14.4. The van der Waals surface area contributed by atoms with Gasteiger partial charge in [-0.2, -0.15) is 0 Å². The number of phenols is 2. The fourth-order valence-corrected chi connectivity index (χ4v) is 3.83. The normalized spacial score (nSPS) is 11.0. The van der Waals surface area contributed by atoms with E-state index >= 15 is 0 Å². The van der Waals surface area contributed by atoms with Crippen LogP contribution in [0.2, 0.25) is 0 Å². The van der Waals surface area contributed by atoms with Crippen molar-refractivity contribution in [3.05, 3.63) is 70.7 Å². The standard InChI is InChI=1S/C22H15BrO4/c1-27-22(26)14-6-8-16-13(10-14)7-9-18(24)19(16)20-15-5-3-2-4-12(15)11-17(23)21(20)25/h2-11,24-25H,1H3. The number of halogens is 1. The number of ether oxygens (including phenoxy) is 1. The van der Waals surface area contributed by atoms with Crippen LogP contribution < -0.4 is 0 Å². The van der Waals surface area contributed by atoms with Crippen molar-refractivity contribution in [1.29, 1.82) is 0 Å². The van der Waals surface area contributed by atoms with Gasteiger partial charge in [0, 0.05) is 11.1 Å². The van der Waals surface area contributed by atoms with Crippen molar-refractivity contribution in [1.82, 2.24) is 0 Å². The van der Waals surface area contributed by atoms with Gasteiger partial charge >= 0.3 is 5.97 Å². The molecule has 134 valence electrons. The molecule has 27 heavy (non-hydrogen) atoms. The molecule has 0 aliphatic heterocycles. The number of benzene rings is 4. The summed E-state index contributed by atoms with van der Waals surface area (Å²) in [5.41, 5.74) is 1.47. The van der Waals surface area contributed by atoms with Gasteiger partial charge < -0.3 is 14.9 Å². The first-order chi connectivity index (χ1) is 13.0. The molecule has 0 spiro atoms. The summed E-state index contributed by atoms with van der Waals surface area (Å²) in [6.45, 7) is 0. The van der Waals surface area contributed by atoms with E-state index in [1.165, 1.54) is 7.11 Å². The van der Waals surface area contributed by atoms with Crippen LogP contribution in [0.3, 0.4) is 0 Å². The van der Waals surface area contributed by atoms with Crippen molar-refractivity contribution in [3.63, 3.8) is 0 Å². The van der Waals surface area contributed by atoms with Gasteiger partial charge in [-0.15, -0.1) is 0 Å². The highest BCUT2D eigenvalue weighted by molar-refractivity contribution is 9.10. The molecule has 0 saturated heterocycles. The van der Waals surface area contributed by atoms with Crippen LogP contribution in [0.15, 0.2) is 65.1 Å². The Bertz CT molecular complexity index is 1210. The monoisotopic (exact) mass is 422 g/mol. The highest BCUT2D eigenvalue weighted by atomic mass is 79.9. The number of methoxy groups -OCH3 is 1. The molecule has 0 saturated carbocycles. The summed E-state index contributed by atoms with van der Waals surface area (Å²) in [4.78, 5) is 11.8. The maximum Gasteiger partial charge on any atom is 0.337 e. The van der Waals surface area contributed by atoms with E-state index in [4.69, 9.17) is 4.74 Å². The second-order valence-electron chi connectivity index (χ2n) is 6.19. The van der Waals surface area contributed by atoms with E-state index < -0.39 is 5.97 Å². The molecule has 0 fully saturated rings. The van der Waals surface area contributed by atoms with Crippen LogP contribution in [0.1, 0.15) is 10.4 Å². The third-order valence-electron chi connectivity index (χ3n) is 4.64. The summed E-state index contributed by atoms with van der Waals surface area (Å²) in [5.74, 6) is -0.331. The average Bonchev–Trinajstić information content (AvgIpc) is 2.69. The van der Waals surface area contributed by atoms with Gasteiger partial charge in [-0.25, -0.2) is 4.79 Å². The lowest BCUT2D eigenvalue weighted by molar-refractivity contribution is 0.0601. The molecule has 2 N–H and O–H groups in total. The number of fused-ring (bicyclic) bond motifs is 2. The second-order valence-corrected chi connectivity index (χ2v) is 7.04. The molecular formula is C22H15BrO4. The first-order valence-corrected chi connectivity index (χ1v) is 9.05. The number of carbonyl (C=O) groups is 1. The summed E-state index contributed by atoms with van der Waals surface area (Å²) in [6, 6.07) is 17.9. The zero-order chi connectivity index (χ0) is 19.1. The first kappa shape index (κ1) is 17.4. The lowest BCUT2D eigenvalue weighted by Gasteiger charge is -2.15. The molecule has 4 aromatic rings. The highest BCUT2D eigenvalue weighted by Gasteiger charge is 2.19. The molecule has 0 bridgehead atoms.